The van der Waals surface area contributed by atoms with E-state index < -0.39 is 0 Å². The van der Waals surface area contributed by atoms with Gasteiger partial charge in [-0.3, -0.25) is 0 Å². The summed E-state index contributed by atoms with van der Waals surface area (Å²) in [7, 11) is 0. The maximum Gasteiger partial charge on any atom is 0.317 e. The molecule has 0 saturated carbocycles. The van der Waals surface area contributed by atoms with E-state index in [1.807, 2.05) is 4.90 Å². The van der Waals surface area contributed by atoms with Crippen molar-refractivity contribution in [1.29, 1.82) is 0 Å². The lowest BCUT2D eigenvalue weighted by Crippen LogP contribution is -2.47. The number of carbonyl (C=O) groups is 1. The van der Waals surface area contributed by atoms with Crippen molar-refractivity contribution in [3.05, 3.63) is 11.1 Å². The van der Waals surface area contributed by atoms with Crippen molar-refractivity contribution in [2.45, 2.75) is 32.2 Å². The minimum absolute atomic E-state index is 0.0257. The molecule has 0 radical (unpaired) electrons. The Balaban J connectivity index is 2.38. The Kier molecular flexibility index (Phi) is 4.45. The number of rotatable bonds is 2. The Morgan fingerprint density at radius 2 is 2.36 bits per heavy atom. The Hall–Kier alpha value is -0.510. The van der Waals surface area contributed by atoms with Gasteiger partial charge in [-0.2, -0.15) is 0 Å². The molecule has 0 bridgehead atoms. The number of likely N-dealkylation sites (tertiary alicyclic amines) is 1. The molecule has 2 amide bonds. The summed E-state index contributed by atoms with van der Waals surface area (Å²) in [6.07, 6.45) is 3.46. The van der Waals surface area contributed by atoms with E-state index >= 15 is 0 Å². The fourth-order valence-electron chi connectivity index (χ4n) is 1.67. The van der Waals surface area contributed by atoms with Crippen molar-refractivity contribution < 1.29 is 4.79 Å². The molecule has 1 unspecified atom stereocenters. The molecule has 3 nitrogen and oxygen atoms in total. The van der Waals surface area contributed by atoms with E-state index in [2.05, 4.69) is 34.7 Å². The molecule has 0 aromatic carbocycles. The lowest BCUT2D eigenvalue weighted by atomic mass is 10.0. The Morgan fingerprint density at radius 1 is 1.64 bits per heavy atom. The second kappa shape index (κ2) is 5.39. The van der Waals surface area contributed by atoms with Crippen LogP contribution in [0.25, 0.3) is 0 Å². The van der Waals surface area contributed by atoms with Crippen LogP contribution in [-0.4, -0.2) is 30.1 Å². The van der Waals surface area contributed by atoms with Crippen LogP contribution < -0.4 is 5.32 Å². The van der Waals surface area contributed by atoms with Crippen LogP contribution in [0, 0.1) is 0 Å². The molecule has 0 spiro atoms. The summed E-state index contributed by atoms with van der Waals surface area (Å²) in [5.41, 5.74) is 0. The fourth-order valence-corrected chi connectivity index (χ4v) is 1.81. The third kappa shape index (κ3) is 3.33. The fraction of sp³-hybridized carbons (Fsp3) is 0.700. The molecule has 1 rings (SSSR count). The van der Waals surface area contributed by atoms with Crippen molar-refractivity contribution in [3.8, 4) is 0 Å². The summed E-state index contributed by atoms with van der Waals surface area (Å²) < 4.78 is 0.801. The molecule has 0 aliphatic carbocycles. The van der Waals surface area contributed by atoms with Crippen LogP contribution in [0.3, 0.4) is 0 Å². The number of urea groups is 1. The Morgan fingerprint density at radius 3 is 2.93 bits per heavy atom. The summed E-state index contributed by atoms with van der Waals surface area (Å²) in [4.78, 5) is 13.6. The first-order valence-electron chi connectivity index (χ1n) is 4.99. The summed E-state index contributed by atoms with van der Waals surface area (Å²) in [6.45, 7) is 7.15. The zero-order chi connectivity index (χ0) is 10.6. The Bertz CT molecular complexity index is 230. The highest BCUT2D eigenvalue weighted by Crippen LogP contribution is 2.16. The number of amides is 2. The summed E-state index contributed by atoms with van der Waals surface area (Å²) >= 11 is 3.21. The molecule has 0 aromatic rings. The number of hydrogen-bond acceptors (Lipinski definition) is 1. The van der Waals surface area contributed by atoms with Gasteiger partial charge in [0.25, 0.3) is 0 Å². The molecule has 1 aliphatic heterocycles. The first-order chi connectivity index (χ1) is 6.61. The third-order valence-electron chi connectivity index (χ3n) is 2.50. The summed E-state index contributed by atoms with van der Waals surface area (Å²) in [5, 5.41) is 2.82. The lowest BCUT2D eigenvalue weighted by molar-refractivity contribution is 0.159. The number of hydrogen-bond donors (Lipinski definition) is 1. The molecule has 4 heteroatoms. The van der Waals surface area contributed by atoms with E-state index in [-0.39, 0.29) is 6.03 Å². The zero-order valence-electron chi connectivity index (χ0n) is 8.55. The largest absolute Gasteiger partial charge is 0.333 e. The second-order valence-electron chi connectivity index (χ2n) is 3.71. The lowest BCUT2D eigenvalue weighted by Gasteiger charge is -2.33. The molecule has 14 heavy (non-hydrogen) atoms. The van der Waals surface area contributed by atoms with Gasteiger partial charge in [-0.05, 0) is 26.2 Å². The van der Waals surface area contributed by atoms with Gasteiger partial charge in [-0.1, -0.05) is 22.5 Å². The smallest absolute Gasteiger partial charge is 0.317 e. The molecule has 1 atom stereocenters. The molecule has 1 heterocycles. The van der Waals surface area contributed by atoms with Crippen LogP contribution in [0.15, 0.2) is 11.1 Å². The van der Waals surface area contributed by atoms with Gasteiger partial charge in [0, 0.05) is 17.1 Å². The highest BCUT2D eigenvalue weighted by atomic mass is 79.9. The molecule has 1 fully saturated rings. The molecule has 1 aliphatic rings. The van der Waals surface area contributed by atoms with Gasteiger partial charge >= 0.3 is 6.03 Å². The number of nitrogens with zero attached hydrogens (tertiary/aromatic N) is 1. The molecule has 1 saturated heterocycles. The quantitative estimate of drug-likeness (QED) is 0.813. The highest BCUT2D eigenvalue weighted by Gasteiger charge is 2.22. The molecular formula is C10H17BrN2O. The molecule has 0 aromatic heterocycles. The Labute approximate surface area is 93.7 Å². The van der Waals surface area contributed by atoms with Crippen LogP contribution in [0.4, 0.5) is 4.79 Å². The minimum Gasteiger partial charge on any atom is -0.333 e. The zero-order valence-corrected chi connectivity index (χ0v) is 10.1. The predicted molar refractivity (Wildman–Crippen MR) is 61.5 cm³/mol. The van der Waals surface area contributed by atoms with E-state index in [1.165, 1.54) is 6.42 Å². The second-order valence-corrected chi connectivity index (χ2v) is 4.84. The van der Waals surface area contributed by atoms with Gasteiger partial charge in [-0.15, -0.1) is 0 Å². The van der Waals surface area contributed by atoms with Crippen LogP contribution in [-0.2, 0) is 0 Å². The van der Waals surface area contributed by atoms with E-state index in [1.54, 1.807) is 0 Å². The maximum absolute atomic E-state index is 11.7. The first-order valence-corrected chi connectivity index (χ1v) is 5.78. The van der Waals surface area contributed by atoms with E-state index in [0.717, 1.165) is 23.9 Å². The van der Waals surface area contributed by atoms with Crippen LogP contribution in [0.1, 0.15) is 26.2 Å². The molecule has 80 valence electrons. The predicted octanol–water partition coefficient (Wildman–Crippen LogP) is 2.48. The van der Waals surface area contributed by atoms with Crippen molar-refractivity contribution in [1.82, 2.24) is 10.2 Å². The number of piperidine rings is 1. The number of carbonyl (C=O) groups excluding carboxylic acids is 1. The van der Waals surface area contributed by atoms with E-state index in [9.17, 15) is 4.79 Å². The van der Waals surface area contributed by atoms with Crippen molar-refractivity contribution >= 4 is 22.0 Å². The number of halogens is 1. The normalized spacial score (nSPS) is 21.9. The number of nitrogens with one attached hydrogen (secondary N) is 1. The van der Waals surface area contributed by atoms with Gasteiger partial charge in [0.05, 0.1) is 6.54 Å². The molecular weight excluding hydrogens is 244 g/mol. The van der Waals surface area contributed by atoms with Gasteiger partial charge in [0.15, 0.2) is 0 Å². The first kappa shape index (κ1) is 11.6. The van der Waals surface area contributed by atoms with Gasteiger partial charge in [-0.25, -0.2) is 4.79 Å². The summed E-state index contributed by atoms with van der Waals surface area (Å²) in [6, 6.07) is 0.394. The third-order valence-corrected chi connectivity index (χ3v) is 2.78. The molecule has 1 N–H and O–H groups in total. The van der Waals surface area contributed by atoms with Crippen molar-refractivity contribution in [3.63, 3.8) is 0 Å². The average molecular weight is 261 g/mol. The average Bonchev–Trinajstić information content (AvgIpc) is 2.15. The van der Waals surface area contributed by atoms with Gasteiger partial charge in [0.2, 0.25) is 0 Å². The van der Waals surface area contributed by atoms with Gasteiger partial charge in [0.1, 0.15) is 0 Å². The maximum atomic E-state index is 11.7. The van der Waals surface area contributed by atoms with Crippen LogP contribution in [0.2, 0.25) is 0 Å². The van der Waals surface area contributed by atoms with Crippen LogP contribution in [0.5, 0.6) is 0 Å². The minimum atomic E-state index is 0.0257. The standard InChI is InChI=1S/C10H17BrN2O/c1-8(11)7-12-10(14)13-6-4-3-5-9(13)2/h9H,1,3-7H2,2H3,(H,12,14). The van der Waals surface area contributed by atoms with Gasteiger partial charge < -0.3 is 10.2 Å². The van der Waals surface area contributed by atoms with E-state index in [4.69, 9.17) is 0 Å². The SMILES string of the molecule is C=C(Br)CNC(=O)N1CCCCC1C. The van der Waals surface area contributed by atoms with Crippen molar-refractivity contribution in [2.75, 3.05) is 13.1 Å². The topological polar surface area (TPSA) is 32.3 Å². The van der Waals surface area contributed by atoms with Crippen LogP contribution >= 0.6 is 15.9 Å². The monoisotopic (exact) mass is 260 g/mol. The van der Waals surface area contributed by atoms with Crippen molar-refractivity contribution in [2.24, 2.45) is 0 Å². The van der Waals surface area contributed by atoms with E-state index in [0.29, 0.717) is 12.6 Å². The summed E-state index contributed by atoms with van der Waals surface area (Å²) in [5.74, 6) is 0. The highest BCUT2D eigenvalue weighted by molar-refractivity contribution is 9.11.